The van der Waals surface area contributed by atoms with Gasteiger partial charge in [0.05, 0.1) is 6.42 Å². The molecule has 142 valence electrons. The van der Waals surface area contributed by atoms with Gasteiger partial charge < -0.3 is 15.5 Å². The van der Waals surface area contributed by atoms with Gasteiger partial charge in [-0.05, 0) is 49.2 Å². The highest BCUT2D eigenvalue weighted by molar-refractivity contribution is 6.02. The van der Waals surface area contributed by atoms with Crippen molar-refractivity contribution in [3.8, 4) is 0 Å². The SMILES string of the molecule is Cc1ccc(C(=O)Nc2ccc3c(c2)[C@@]2(C3)N=C(N)[C@](C)(F)CC2(F)F)o1. The highest BCUT2D eigenvalue weighted by atomic mass is 19.3. The fourth-order valence-electron chi connectivity index (χ4n) is 3.69. The molecule has 1 spiro atoms. The van der Waals surface area contributed by atoms with Crippen LogP contribution in [0.2, 0.25) is 0 Å². The summed E-state index contributed by atoms with van der Waals surface area (Å²) in [6, 6.07) is 7.88. The van der Waals surface area contributed by atoms with Gasteiger partial charge in [0.1, 0.15) is 11.6 Å². The van der Waals surface area contributed by atoms with Crippen molar-refractivity contribution in [3.63, 3.8) is 0 Å². The molecule has 5 nitrogen and oxygen atoms in total. The van der Waals surface area contributed by atoms with Crippen LogP contribution >= 0.6 is 0 Å². The predicted molar refractivity (Wildman–Crippen MR) is 93.9 cm³/mol. The summed E-state index contributed by atoms with van der Waals surface area (Å²) < 4.78 is 49.1. The topological polar surface area (TPSA) is 80.6 Å². The second-order valence-electron chi connectivity index (χ2n) is 7.35. The van der Waals surface area contributed by atoms with Gasteiger partial charge in [0.2, 0.25) is 0 Å². The minimum Gasteiger partial charge on any atom is -0.456 e. The van der Waals surface area contributed by atoms with Crippen LogP contribution in [0, 0.1) is 6.92 Å². The second-order valence-corrected chi connectivity index (χ2v) is 7.35. The number of nitrogens with two attached hydrogens (primary N) is 1. The lowest BCUT2D eigenvalue weighted by molar-refractivity contribution is -0.120. The third kappa shape index (κ3) is 2.54. The minimum atomic E-state index is -3.40. The molecule has 8 heteroatoms. The molecule has 27 heavy (non-hydrogen) atoms. The van der Waals surface area contributed by atoms with Crippen molar-refractivity contribution < 1.29 is 22.4 Å². The Morgan fingerprint density at radius 3 is 2.67 bits per heavy atom. The van der Waals surface area contributed by atoms with Crippen LogP contribution in [-0.2, 0) is 12.0 Å². The molecule has 2 atom stereocenters. The summed E-state index contributed by atoms with van der Waals surface area (Å²) in [6.07, 6.45) is -1.06. The lowest BCUT2D eigenvalue weighted by Crippen LogP contribution is -2.61. The Balaban J connectivity index is 1.68. The summed E-state index contributed by atoms with van der Waals surface area (Å²) in [4.78, 5) is 16.1. The summed E-state index contributed by atoms with van der Waals surface area (Å²) in [7, 11) is 0. The molecule has 1 aromatic carbocycles. The molecule has 2 aliphatic rings. The van der Waals surface area contributed by atoms with Crippen LogP contribution in [0.3, 0.4) is 0 Å². The molecular formula is C19H18F3N3O2. The van der Waals surface area contributed by atoms with Gasteiger partial charge in [0.15, 0.2) is 17.0 Å². The zero-order chi connectivity index (χ0) is 19.6. The molecule has 0 fully saturated rings. The maximum atomic E-state index is 14.8. The average molecular weight is 377 g/mol. The van der Waals surface area contributed by atoms with Crippen molar-refractivity contribution in [2.24, 2.45) is 10.7 Å². The zero-order valence-electron chi connectivity index (χ0n) is 14.8. The summed E-state index contributed by atoms with van der Waals surface area (Å²) in [5.41, 5.74) is 2.63. The van der Waals surface area contributed by atoms with E-state index in [4.69, 9.17) is 10.2 Å². The number of nitrogens with zero attached hydrogens (tertiary/aromatic N) is 1. The standard InChI is InChI=1S/C19H18F3N3O2/c1-10-3-6-14(27-10)15(26)24-12-5-4-11-8-18(13(11)7-12)19(21,22)9-17(2,20)16(23)25-18/h3-7H,8-9H2,1-2H3,(H2,23,25)(H,24,26)/t17-,18-/m1/s1. The summed E-state index contributed by atoms with van der Waals surface area (Å²) in [5, 5.41) is 2.62. The third-order valence-electron chi connectivity index (χ3n) is 5.23. The van der Waals surface area contributed by atoms with E-state index in [0.29, 0.717) is 17.0 Å². The Hall–Kier alpha value is -2.77. The van der Waals surface area contributed by atoms with Crippen molar-refractivity contribution in [2.45, 2.75) is 43.8 Å². The normalized spacial score (nSPS) is 28.3. The Morgan fingerprint density at radius 2 is 2.00 bits per heavy atom. The summed E-state index contributed by atoms with van der Waals surface area (Å²) in [5.74, 6) is -3.63. The third-order valence-corrected chi connectivity index (χ3v) is 5.23. The van der Waals surface area contributed by atoms with Crippen molar-refractivity contribution in [3.05, 3.63) is 53.0 Å². The van der Waals surface area contributed by atoms with E-state index >= 15 is 0 Å². The highest BCUT2D eigenvalue weighted by Crippen LogP contribution is 2.57. The lowest BCUT2D eigenvalue weighted by atomic mass is 9.63. The van der Waals surface area contributed by atoms with E-state index in [0.717, 1.165) is 6.92 Å². The number of benzene rings is 1. The fraction of sp³-hybridized carbons (Fsp3) is 0.368. The molecule has 1 aromatic heterocycles. The van der Waals surface area contributed by atoms with Gasteiger partial charge in [-0.3, -0.25) is 9.79 Å². The van der Waals surface area contributed by atoms with E-state index in [-0.39, 0.29) is 17.7 Å². The number of hydrogen-bond donors (Lipinski definition) is 2. The van der Waals surface area contributed by atoms with Gasteiger partial charge in [-0.15, -0.1) is 0 Å². The number of rotatable bonds is 2. The van der Waals surface area contributed by atoms with E-state index < -0.39 is 35.3 Å². The molecule has 4 rings (SSSR count). The Morgan fingerprint density at radius 1 is 1.26 bits per heavy atom. The highest BCUT2D eigenvalue weighted by Gasteiger charge is 2.66. The summed E-state index contributed by atoms with van der Waals surface area (Å²) in [6.45, 7) is 2.71. The number of alkyl halides is 3. The number of furan rings is 1. The lowest BCUT2D eigenvalue weighted by Gasteiger charge is -2.50. The largest absolute Gasteiger partial charge is 0.456 e. The van der Waals surface area contributed by atoms with E-state index in [1.165, 1.54) is 12.1 Å². The fourth-order valence-corrected chi connectivity index (χ4v) is 3.69. The van der Waals surface area contributed by atoms with Crippen LogP contribution in [0.4, 0.5) is 18.9 Å². The molecule has 2 aromatic rings. The van der Waals surface area contributed by atoms with E-state index in [9.17, 15) is 18.0 Å². The number of nitrogens with one attached hydrogen (secondary N) is 1. The number of hydrogen-bond acceptors (Lipinski definition) is 4. The smallest absolute Gasteiger partial charge is 0.291 e. The molecule has 1 amide bonds. The van der Waals surface area contributed by atoms with Gasteiger partial charge in [0, 0.05) is 12.1 Å². The van der Waals surface area contributed by atoms with Crippen molar-refractivity contribution in [1.29, 1.82) is 0 Å². The van der Waals surface area contributed by atoms with Crippen LogP contribution in [0.25, 0.3) is 0 Å². The molecule has 2 heterocycles. The quantitative estimate of drug-likeness (QED) is 0.837. The number of amides is 1. The van der Waals surface area contributed by atoms with Crippen LogP contribution in [0.15, 0.2) is 39.7 Å². The number of amidine groups is 1. The van der Waals surface area contributed by atoms with Gasteiger partial charge in [0.25, 0.3) is 11.8 Å². The minimum absolute atomic E-state index is 0.0300. The molecule has 0 unspecified atom stereocenters. The molecule has 1 aliphatic carbocycles. The molecule has 1 aliphatic heterocycles. The first kappa shape index (κ1) is 17.6. The van der Waals surface area contributed by atoms with Crippen molar-refractivity contribution in [2.75, 3.05) is 5.32 Å². The van der Waals surface area contributed by atoms with Gasteiger partial charge in [-0.25, -0.2) is 13.2 Å². The first-order valence-electron chi connectivity index (χ1n) is 8.48. The number of aryl methyl sites for hydroxylation is 1. The number of halogens is 3. The van der Waals surface area contributed by atoms with Crippen LogP contribution in [-0.4, -0.2) is 23.3 Å². The van der Waals surface area contributed by atoms with Gasteiger partial charge in [-0.2, -0.15) is 0 Å². The number of aliphatic imine (C=N–C) groups is 1. The number of carbonyl (C=O) groups excluding carboxylic acids is 1. The van der Waals surface area contributed by atoms with Crippen molar-refractivity contribution >= 4 is 17.4 Å². The maximum Gasteiger partial charge on any atom is 0.291 e. The summed E-state index contributed by atoms with van der Waals surface area (Å²) >= 11 is 0. The molecular weight excluding hydrogens is 359 g/mol. The second kappa shape index (κ2) is 5.37. The van der Waals surface area contributed by atoms with Gasteiger partial charge >= 0.3 is 0 Å². The van der Waals surface area contributed by atoms with Crippen molar-refractivity contribution in [1.82, 2.24) is 0 Å². The Labute approximate surface area is 153 Å². The molecule has 0 saturated carbocycles. The van der Waals surface area contributed by atoms with E-state index in [2.05, 4.69) is 10.3 Å². The van der Waals surface area contributed by atoms with Crippen LogP contribution in [0.1, 0.15) is 40.8 Å². The first-order chi connectivity index (χ1) is 12.5. The van der Waals surface area contributed by atoms with E-state index in [1.54, 1.807) is 25.1 Å². The van der Waals surface area contributed by atoms with Gasteiger partial charge in [-0.1, -0.05) is 6.07 Å². The first-order valence-corrected chi connectivity index (χ1v) is 8.48. The number of anilines is 1. The zero-order valence-corrected chi connectivity index (χ0v) is 14.8. The molecule has 0 bridgehead atoms. The number of fused-ring (bicyclic) bond motifs is 2. The molecule has 3 N–H and O–H groups in total. The predicted octanol–water partition coefficient (Wildman–Crippen LogP) is 3.72. The van der Waals surface area contributed by atoms with E-state index in [1.807, 2.05) is 0 Å². The Bertz CT molecular complexity index is 980. The number of carbonyl (C=O) groups is 1. The Kier molecular flexibility index (Phi) is 3.51. The van der Waals surface area contributed by atoms with Crippen LogP contribution < -0.4 is 11.1 Å². The monoisotopic (exact) mass is 377 g/mol. The average Bonchev–Trinajstić information content (AvgIpc) is 2.98. The molecule has 0 saturated heterocycles. The van der Waals surface area contributed by atoms with Crippen LogP contribution in [0.5, 0.6) is 0 Å². The maximum absolute atomic E-state index is 14.8. The molecule has 0 radical (unpaired) electrons.